The monoisotopic (exact) mass is 234 g/mol. The van der Waals surface area contributed by atoms with Crippen LogP contribution in [0.3, 0.4) is 0 Å². The van der Waals surface area contributed by atoms with Crippen LogP contribution in [-0.4, -0.2) is 5.79 Å². The second-order valence-corrected chi connectivity index (χ2v) is 5.76. The van der Waals surface area contributed by atoms with Gasteiger partial charge in [-0.2, -0.15) is 0 Å². The van der Waals surface area contributed by atoms with Crippen molar-refractivity contribution in [2.45, 2.75) is 46.3 Å². The Kier molecular flexibility index (Phi) is 3.32. The molecule has 2 nitrogen and oxygen atoms in total. The van der Waals surface area contributed by atoms with Gasteiger partial charge in [0.1, 0.15) is 0 Å². The molecule has 17 heavy (non-hydrogen) atoms. The average Bonchev–Trinajstić information content (AvgIpc) is 2.52. The third-order valence-corrected chi connectivity index (χ3v) is 2.88. The minimum Gasteiger partial charge on any atom is -0.448 e. The first-order chi connectivity index (χ1) is 8.01. The molecule has 94 valence electrons. The lowest BCUT2D eigenvalue weighted by atomic mass is 9.94. The molecule has 1 aliphatic rings. The first kappa shape index (κ1) is 12.3. The molecule has 0 fully saturated rings. The Hall–Kier alpha value is -1.18. The molecular formula is C15H22O2. The fourth-order valence-electron chi connectivity index (χ4n) is 2.53. The summed E-state index contributed by atoms with van der Waals surface area (Å²) in [5.41, 5.74) is 0. The Bertz CT molecular complexity index is 345. The van der Waals surface area contributed by atoms with Crippen LogP contribution in [0.2, 0.25) is 0 Å². The van der Waals surface area contributed by atoms with Gasteiger partial charge in [-0.3, -0.25) is 0 Å². The van der Waals surface area contributed by atoms with Crippen LogP contribution < -0.4 is 9.47 Å². The summed E-state index contributed by atoms with van der Waals surface area (Å²) < 4.78 is 12.2. The minimum atomic E-state index is -0.452. The number of benzene rings is 1. The van der Waals surface area contributed by atoms with Gasteiger partial charge in [-0.1, -0.05) is 39.8 Å². The van der Waals surface area contributed by atoms with E-state index >= 15 is 0 Å². The Morgan fingerprint density at radius 1 is 0.882 bits per heavy atom. The van der Waals surface area contributed by atoms with E-state index in [0.717, 1.165) is 24.3 Å². The molecule has 0 spiro atoms. The summed E-state index contributed by atoms with van der Waals surface area (Å²) in [5.74, 6) is 2.43. The van der Waals surface area contributed by atoms with E-state index in [9.17, 15) is 0 Å². The van der Waals surface area contributed by atoms with Crippen molar-refractivity contribution in [3.05, 3.63) is 24.3 Å². The van der Waals surface area contributed by atoms with E-state index in [0.29, 0.717) is 11.8 Å². The molecule has 0 aliphatic carbocycles. The van der Waals surface area contributed by atoms with Gasteiger partial charge in [-0.05, 0) is 24.0 Å². The maximum atomic E-state index is 6.09. The summed E-state index contributed by atoms with van der Waals surface area (Å²) in [6.45, 7) is 8.82. The second-order valence-electron chi connectivity index (χ2n) is 5.76. The Labute approximate surface area is 104 Å². The van der Waals surface area contributed by atoms with E-state index in [1.807, 2.05) is 24.3 Å². The predicted molar refractivity (Wildman–Crippen MR) is 69.3 cm³/mol. The molecule has 1 aromatic rings. The van der Waals surface area contributed by atoms with E-state index in [-0.39, 0.29) is 0 Å². The normalized spacial score (nSPS) is 16.8. The summed E-state index contributed by atoms with van der Waals surface area (Å²) >= 11 is 0. The van der Waals surface area contributed by atoms with Crippen LogP contribution in [0.25, 0.3) is 0 Å². The summed E-state index contributed by atoms with van der Waals surface area (Å²) in [6.07, 6.45) is 1.86. The van der Waals surface area contributed by atoms with Crippen LogP contribution >= 0.6 is 0 Å². The lowest BCUT2D eigenvalue weighted by Gasteiger charge is -2.31. The Morgan fingerprint density at radius 2 is 1.29 bits per heavy atom. The topological polar surface area (TPSA) is 18.5 Å². The highest BCUT2D eigenvalue weighted by molar-refractivity contribution is 5.42. The standard InChI is InChI=1S/C15H22O2/c1-11(2)9-15(10-12(3)4)16-13-7-5-6-8-14(13)17-15/h5-8,11-12H,9-10H2,1-4H3. The van der Waals surface area contributed by atoms with Crippen molar-refractivity contribution >= 4 is 0 Å². The van der Waals surface area contributed by atoms with Crippen LogP contribution in [0, 0.1) is 11.8 Å². The van der Waals surface area contributed by atoms with Gasteiger partial charge in [0, 0.05) is 12.8 Å². The smallest absolute Gasteiger partial charge is 0.252 e. The first-order valence-electron chi connectivity index (χ1n) is 6.48. The molecule has 0 saturated carbocycles. The molecule has 2 rings (SSSR count). The van der Waals surface area contributed by atoms with Crippen LogP contribution in [-0.2, 0) is 0 Å². The fourth-order valence-corrected chi connectivity index (χ4v) is 2.53. The molecule has 0 bridgehead atoms. The maximum Gasteiger partial charge on any atom is 0.252 e. The molecule has 0 N–H and O–H groups in total. The molecule has 0 amide bonds. The van der Waals surface area contributed by atoms with Gasteiger partial charge in [0.25, 0.3) is 5.79 Å². The van der Waals surface area contributed by atoms with Crippen molar-refractivity contribution in [1.82, 2.24) is 0 Å². The van der Waals surface area contributed by atoms with E-state index < -0.39 is 5.79 Å². The van der Waals surface area contributed by atoms with Gasteiger partial charge in [0.15, 0.2) is 11.5 Å². The van der Waals surface area contributed by atoms with Gasteiger partial charge in [0.05, 0.1) is 0 Å². The number of fused-ring (bicyclic) bond motifs is 1. The first-order valence-corrected chi connectivity index (χ1v) is 6.48. The van der Waals surface area contributed by atoms with Crippen molar-refractivity contribution < 1.29 is 9.47 Å². The van der Waals surface area contributed by atoms with Gasteiger partial charge >= 0.3 is 0 Å². The second kappa shape index (κ2) is 4.59. The van der Waals surface area contributed by atoms with Gasteiger partial charge in [0.2, 0.25) is 0 Å². The van der Waals surface area contributed by atoms with Crippen molar-refractivity contribution in [3.63, 3.8) is 0 Å². The van der Waals surface area contributed by atoms with Gasteiger partial charge < -0.3 is 9.47 Å². The predicted octanol–water partition coefficient (Wildman–Crippen LogP) is 4.25. The number of hydrogen-bond donors (Lipinski definition) is 0. The van der Waals surface area contributed by atoms with Crippen LogP contribution in [0.4, 0.5) is 0 Å². The highest BCUT2D eigenvalue weighted by atomic mass is 16.7. The summed E-state index contributed by atoms with van der Waals surface area (Å²) in [7, 11) is 0. The van der Waals surface area contributed by atoms with Crippen LogP contribution in [0.15, 0.2) is 24.3 Å². The van der Waals surface area contributed by atoms with Crippen molar-refractivity contribution in [2.24, 2.45) is 11.8 Å². The molecule has 1 aromatic carbocycles. The van der Waals surface area contributed by atoms with Crippen LogP contribution in [0.1, 0.15) is 40.5 Å². The lowest BCUT2D eigenvalue weighted by Crippen LogP contribution is -2.41. The molecule has 0 atom stereocenters. The highest BCUT2D eigenvalue weighted by Gasteiger charge is 2.42. The van der Waals surface area contributed by atoms with Crippen molar-refractivity contribution in [2.75, 3.05) is 0 Å². The molecule has 1 aliphatic heterocycles. The number of rotatable bonds is 4. The van der Waals surface area contributed by atoms with Crippen molar-refractivity contribution in [3.8, 4) is 11.5 Å². The molecule has 0 saturated heterocycles. The van der Waals surface area contributed by atoms with Crippen molar-refractivity contribution in [1.29, 1.82) is 0 Å². The number of ether oxygens (including phenoxy) is 2. The number of para-hydroxylation sites is 2. The molecule has 2 heteroatoms. The Balaban J connectivity index is 2.21. The quantitative estimate of drug-likeness (QED) is 0.775. The number of hydrogen-bond acceptors (Lipinski definition) is 2. The highest BCUT2D eigenvalue weighted by Crippen LogP contribution is 2.44. The summed E-state index contributed by atoms with van der Waals surface area (Å²) in [6, 6.07) is 7.95. The zero-order chi connectivity index (χ0) is 12.5. The zero-order valence-electron chi connectivity index (χ0n) is 11.2. The van der Waals surface area contributed by atoms with Gasteiger partial charge in [-0.25, -0.2) is 0 Å². The maximum absolute atomic E-state index is 6.09. The zero-order valence-corrected chi connectivity index (χ0v) is 11.2. The van der Waals surface area contributed by atoms with E-state index in [1.165, 1.54) is 0 Å². The molecule has 0 unspecified atom stereocenters. The molecule has 0 aromatic heterocycles. The summed E-state index contributed by atoms with van der Waals surface area (Å²) in [5, 5.41) is 0. The SMILES string of the molecule is CC(C)CC1(CC(C)C)Oc2ccccc2O1. The van der Waals surface area contributed by atoms with Crippen LogP contribution in [0.5, 0.6) is 11.5 Å². The van der Waals surface area contributed by atoms with E-state index in [4.69, 9.17) is 9.47 Å². The largest absolute Gasteiger partial charge is 0.448 e. The minimum absolute atomic E-state index is 0.452. The van der Waals surface area contributed by atoms with E-state index in [2.05, 4.69) is 27.7 Å². The van der Waals surface area contributed by atoms with E-state index in [1.54, 1.807) is 0 Å². The average molecular weight is 234 g/mol. The molecule has 0 radical (unpaired) electrons. The third-order valence-electron chi connectivity index (χ3n) is 2.88. The van der Waals surface area contributed by atoms with Gasteiger partial charge in [-0.15, -0.1) is 0 Å². The third kappa shape index (κ3) is 2.74. The fraction of sp³-hybridized carbons (Fsp3) is 0.600. The molecule has 1 heterocycles. The lowest BCUT2D eigenvalue weighted by molar-refractivity contribution is -0.108. The molecular weight excluding hydrogens is 212 g/mol. The summed E-state index contributed by atoms with van der Waals surface area (Å²) in [4.78, 5) is 0. The Morgan fingerprint density at radius 3 is 1.65 bits per heavy atom.